The van der Waals surface area contributed by atoms with Crippen molar-refractivity contribution in [1.82, 2.24) is 4.90 Å². The zero-order chi connectivity index (χ0) is 17.5. The number of carbonyl (C=O) groups is 1. The first-order valence-corrected chi connectivity index (χ1v) is 10.3. The third-order valence-corrected chi connectivity index (χ3v) is 5.28. The van der Waals surface area contributed by atoms with Crippen molar-refractivity contribution in [3.05, 3.63) is 28.2 Å². The molecule has 1 fully saturated rings. The Morgan fingerprint density at radius 2 is 1.92 bits per heavy atom. The first-order valence-electron chi connectivity index (χ1n) is 8.11. The molecule has 2 rings (SSSR count). The Hall–Kier alpha value is -0.330. The number of piperidine rings is 1. The molecule has 0 radical (unpaired) electrons. The number of nitrogens with zero attached hydrogens (tertiary/aromatic N) is 1. The van der Waals surface area contributed by atoms with Crippen molar-refractivity contribution in [3.63, 3.8) is 0 Å². The second-order valence-electron chi connectivity index (χ2n) is 6.07. The molecule has 1 aromatic rings. The number of halogens is 3. The number of hydrogen-bond donors (Lipinski definition) is 1. The predicted octanol–water partition coefficient (Wildman–Crippen LogP) is 4.11. The number of benzene rings is 1. The van der Waals surface area contributed by atoms with Gasteiger partial charge in [-0.05, 0) is 55.4 Å². The lowest BCUT2D eigenvalue weighted by Crippen LogP contribution is -2.47. The molecule has 1 aliphatic rings. The van der Waals surface area contributed by atoms with Crippen LogP contribution in [-0.4, -0.2) is 48.6 Å². The number of amides is 1. The molecule has 25 heavy (non-hydrogen) atoms. The van der Waals surface area contributed by atoms with Crippen LogP contribution < -0.4 is 10.5 Å². The van der Waals surface area contributed by atoms with Crippen LogP contribution in [0.2, 0.25) is 10.0 Å². The van der Waals surface area contributed by atoms with E-state index in [1.54, 1.807) is 30.0 Å². The number of rotatable bonds is 7. The Bertz CT molecular complexity index is 534. The molecular weight excluding hydrogens is 403 g/mol. The van der Waals surface area contributed by atoms with Crippen LogP contribution in [-0.2, 0) is 4.79 Å². The van der Waals surface area contributed by atoms with Crippen LogP contribution in [0.15, 0.2) is 18.2 Å². The monoisotopic (exact) mass is 426 g/mol. The van der Waals surface area contributed by atoms with Crippen molar-refractivity contribution in [1.29, 1.82) is 0 Å². The van der Waals surface area contributed by atoms with E-state index in [0.29, 0.717) is 28.3 Å². The van der Waals surface area contributed by atoms with Crippen LogP contribution in [0.5, 0.6) is 5.75 Å². The molecule has 0 aliphatic carbocycles. The van der Waals surface area contributed by atoms with Crippen LogP contribution in [0.1, 0.15) is 19.3 Å². The van der Waals surface area contributed by atoms with Crippen LogP contribution in [0.3, 0.4) is 0 Å². The van der Waals surface area contributed by atoms with Crippen molar-refractivity contribution < 1.29 is 9.53 Å². The minimum Gasteiger partial charge on any atom is -0.493 e. The fourth-order valence-electron chi connectivity index (χ4n) is 2.75. The molecule has 1 saturated heterocycles. The Balaban J connectivity index is 0.00000312. The van der Waals surface area contributed by atoms with E-state index in [9.17, 15) is 4.79 Å². The van der Waals surface area contributed by atoms with Gasteiger partial charge in [0.2, 0.25) is 5.91 Å². The summed E-state index contributed by atoms with van der Waals surface area (Å²) in [6, 6.07) is 4.83. The highest BCUT2D eigenvalue weighted by Gasteiger charge is 2.26. The number of likely N-dealkylation sites (tertiary alicyclic amines) is 1. The number of ether oxygens (including phenoxy) is 1. The second kappa shape index (κ2) is 11.4. The topological polar surface area (TPSA) is 55.6 Å². The number of nitrogens with two attached hydrogens (primary N) is 1. The summed E-state index contributed by atoms with van der Waals surface area (Å²) in [5.41, 5.74) is 5.98. The SMILES string of the molecule is CSCC[C@H](N)C(=O)N1CCC(COc2cc(Cl)cc(Cl)c2)CC1.Cl. The van der Waals surface area contributed by atoms with Gasteiger partial charge >= 0.3 is 0 Å². The van der Waals surface area contributed by atoms with Gasteiger partial charge in [-0.3, -0.25) is 4.79 Å². The van der Waals surface area contributed by atoms with Crippen LogP contribution in [0.4, 0.5) is 0 Å². The number of hydrogen-bond acceptors (Lipinski definition) is 4. The maximum Gasteiger partial charge on any atom is 0.239 e. The van der Waals surface area contributed by atoms with Crippen molar-refractivity contribution in [2.45, 2.75) is 25.3 Å². The Labute approximate surface area is 170 Å². The summed E-state index contributed by atoms with van der Waals surface area (Å²) >= 11 is 13.7. The van der Waals surface area contributed by atoms with Gasteiger partial charge in [-0.1, -0.05) is 23.2 Å². The Morgan fingerprint density at radius 3 is 2.48 bits per heavy atom. The van der Waals surface area contributed by atoms with E-state index in [4.69, 9.17) is 33.7 Å². The quantitative estimate of drug-likeness (QED) is 0.711. The van der Waals surface area contributed by atoms with Gasteiger partial charge in [0.15, 0.2) is 0 Å². The zero-order valence-electron chi connectivity index (χ0n) is 14.2. The maximum atomic E-state index is 12.3. The van der Waals surface area contributed by atoms with E-state index in [1.807, 2.05) is 11.2 Å². The highest BCUT2D eigenvalue weighted by atomic mass is 35.5. The highest BCUT2D eigenvalue weighted by molar-refractivity contribution is 7.98. The van der Waals surface area contributed by atoms with Crippen LogP contribution in [0, 0.1) is 5.92 Å². The molecule has 142 valence electrons. The minimum absolute atomic E-state index is 0. The van der Waals surface area contributed by atoms with Crippen molar-refractivity contribution in [2.75, 3.05) is 31.7 Å². The molecule has 0 spiro atoms. The zero-order valence-corrected chi connectivity index (χ0v) is 17.4. The molecule has 8 heteroatoms. The first kappa shape index (κ1) is 22.7. The molecule has 1 amide bonds. The Morgan fingerprint density at radius 1 is 1.32 bits per heavy atom. The lowest BCUT2D eigenvalue weighted by Gasteiger charge is -2.33. The fourth-order valence-corrected chi connectivity index (χ4v) is 3.74. The molecule has 0 bridgehead atoms. The average molecular weight is 428 g/mol. The van der Waals surface area contributed by atoms with Gasteiger partial charge in [0.25, 0.3) is 0 Å². The number of thioether (sulfide) groups is 1. The summed E-state index contributed by atoms with van der Waals surface area (Å²) in [6.07, 6.45) is 4.61. The third kappa shape index (κ3) is 7.43. The first-order chi connectivity index (χ1) is 11.5. The van der Waals surface area contributed by atoms with E-state index < -0.39 is 0 Å². The second-order valence-corrected chi connectivity index (χ2v) is 7.93. The largest absolute Gasteiger partial charge is 0.493 e. The van der Waals surface area contributed by atoms with Gasteiger partial charge in [0, 0.05) is 23.1 Å². The van der Waals surface area contributed by atoms with E-state index in [0.717, 1.165) is 38.1 Å². The normalized spacial score (nSPS) is 16.2. The molecule has 1 aromatic carbocycles. The standard InChI is InChI=1S/C17H24Cl2N2O2S.ClH/c1-24-7-4-16(20)17(22)21-5-2-12(3-6-21)11-23-15-9-13(18)8-14(19)10-15;/h8-10,12,16H,2-7,11,20H2,1H3;1H/t16-;/m0./s1. The lowest BCUT2D eigenvalue weighted by molar-refractivity contribution is -0.134. The van der Waals surface area contributed by atoms with Gasteiger partial charge in [0.05, 0.1) is 12.6 Å². The van der Waals surface area contributed by atoms with E-state index in [-0.39, 0.29) is 24.4 Å². The summed E-state index contributed by atoms with van der Waals surface area (Å²) in [5.74, 6) is 2.10. The van der Waals surface area contributed by atoms with E-state index >= 15 is 0 Å². The third-order valence-electron chi connectivity index (χ3n) is 4.20. The molecular formula is C17H25Cl3N2O2S. The predicted molar refractivity (Wildman–Crippen MR) is 109 cm³/mol. The molecule has 0 aromatic heterocycles. The molecule has 1 aliphatic heterocycles. The van der Waals surface area contributed by atoms with Crippen molar-refractivity contribution in [2.24, 2.45) is 11.7 Å². The summed E-state index contributed by atoms with van der Waals surface area (Å²) in [6.45, 7) is 2.10. The summed E-state index contributed by atoms with van der Waals surface area (Å²) in [5, 5.41) is 1.13. The van der Waals surface area contributed by atoms with Gasteiger partial charge in [-0.15, -0.1) is 12.4 Å². The van der Waals surface area contributed by atoms with Crippen LogP contribution in [0.25, 0.3) is 0 Å². The van der Waals surface area contributed by atoms with E-state index in [2.05, 4.69) is 0 Å². The summed E-state index contributed by atoms with van der Waals surface area (Å²) in [4.78, 5) is 14.2. The molecule has 1 heterocycles. The van der Waals surface area contributed by atoms with Crippen LogP contribution >= 0.6 is 47.4 Å². The molecule has 0 unspecified atom stereocenters. The van der Waals surface area contributed by atoms with Gasteiger partial charge < -0.3 is 15.4 Å². The summed E-state index contributed by atoms with van der Waals surface area (Å²) in [7, 11) is 0. The Kier molecular flexibility index (Phi) is 10.4. The lowest BCUT2D eigenvalue weighted by atomic mass is 9.97. The van der Waals surface area contributed by atoms with Gasteiger partial charge in [-0.25, -0.2) is 0 Å². The molecule has 2 N–H and O–H groups in total. The highest BCUT2D eigenvalue weighted by Crippen LogP contribution is 2.26. The number of carbonyl (C=O) groups excluding carboxylic acids is 1. The average Bonchev–Trinajstić information content (AvgIpc) is 2.57. The molecule has 1 atom stereocenters. The van der Waals surface area contributed by atoms with Crippen molar-refractivity contribution >= 4 is 53.3 Å². The van der Waals surface area contributed by atoms with Gasteiger partial charge in [-0.2, -0.15) is 11.8 Å². The molecule has 0 saturated carbocycles. The minimum atomic E-state index is -0.376. The fraction of sp³-hybridized carbons (Fsp3) is 0.588. The van der Waals surface area contributed by atoms with Crippen molar-refractivity contribution in [3.8, 4) is 5.75 Å². The maximum absolute atomic E-state index is 12.3. The smallest absolute Gasteiger partial charge is 0.239 e. The summed E-state index contributed by atoms with van der Waals surface area (Å²) < 4.78 is 5.80. The van der Waals surface area contributed by atoms with Gasteiger partial charge in [0.1, 0.15) is 5.75 Å². The van der Waals surface area contributed by atoms with E-state index in [1.165, 1.54) is 0 Å². The molecule has 4 nitrogen and oxygen atoms in total.